The summed E-state index contributed by atoms with van der Waals surface area (Å²) in [7, 11) is -2.93. The molecule has 1 atom stereocenters. The molecule has 1 N–H and O–H groups in total. The summed E-state index contributed by atoms with van der Waals surface area (Å²) in [5.74, 6) is 0.435. The summed E-state index contributed by atoms with van der Waals surface area (Å²) in [6, 6.07) is 4.52. The van der Waals surface area contributed by atoms with E-state index in [0.29, 0.717) is 17.4 Å². The van der Waals surface area contributed by atoms with Crippen molar-refractivity contribution in [1.82, 2.24) is 5.32 Å². The molecule has 2 rings (SSSR count). The Morgan fingerprint density at radius 2 is 2.20 bits per heavy atom. The van der Waals surface area contributed by atoms with E-state index in [1.54, 1.807) is 6.07 Å². The summed E-state index contributed by atoms with van der Waals surface area (Å²) < 4.78 is 23.7. The van der Waals surface area contributed by atoms with Crippen LogP contribution in [0.15, 0.2) is 22.7 Å². The lowest BCUT2D eigenvalue weighted by Gasteiger charge is -2.23. The van der Waals surface area contributed by atoms with Gasteiger partial charge in [0, 0.05) is 29.2 Å². The zero-order valence-electron chi connectivity index (χ0n) is 10.7. The highest BCUT2D eigenvalue weighted by atomic mass is 79.9. The van der Waals surface area contributed by atoms with Crippen molar-refractivity contribution in [1.29, 1.82) is 0 Å². The minimum Gasteiger partial charge on any atom is -0.309 e. The lowest BCUT2D eigenvalue weighted by atomic mass is 10.1. The number of nitrogens with one attached hydrogen (secondary N) is 1. The van der Waals surface area contributed by atoms with Crippen LogP contribution in [0, 0.1) is 10.1 Å². The van der Waals surface area contributed by atoms with Crippen LogP contribution in [-0.4, -0.2) is 30.9 Å². The summed E-state index contributed by atoms with van der Waals surface area (Å²) in [5, 5.41) is 13.8. The third-order valence-electron chi connectivity index (χ3n) is 3.29. The van der Waals surface area contributed by atoms with Gasteiger partial charge >= 0.3 is 0 Å². The molecule has 1 saturated heterocycles. The number of nitrogens with zero attached hydrogens (tertiary/aromatic N) is 1. The molecule has 1 aromatic carbocycles. The number of non-ortho nitro benzene ring substituents is 1. The Balaban J connectivity index is 1.99. The fourth-order valence-corrected chi connectivity index (χ4v) is 4.41. The molecule has 0 saturated carbocycles. The molecule has 0 amide bonds. The first-order valence-electron chi connectivity index (χ1n) is 6.24. The van der Waals surface area contributed by atoms with Crippen LogP contribution < -0.4 is 5.32 Å². The molecule has 1 aliphatic rings. The van der Waals surface area contributed by atoms with E-state index in [-0.39, 0.29) is 23.2 Å². The van der Waals surface area contributed by atoms with Gasteiger partial charge in [0.1, 0.15) is 0 Å². The average Bonchev–Trinajstić information content (AvgIpc) is 2.36. The number of hydrogen-bond donors (Lipinski definition) is 1. The summed E-state index contributed by atoms with van der Waals surface area (Å²) in [6.07, 6.45) is 1.52. The van der Waals surface area contributed by atoms with Gasteiger partial charge in [-0.05, 0) is 24.5 Å². The molecule has 6 nitrogen and oxygen atoms in total. The average molecular weight is 363 g/mol. The van der Waals surface area contributed by atoms with Crippen LogP contribution in [0.5, 0.6) is 0 Å². The number of rotatable bonds is 4. The largest absolute Gasteiger partial charge is 0.309 e. The predicted molar refractivity (Wildman–Crippen MR) is 79.3 cm³/mol. The molecule has 8 heteroatoms. The molecule has 0 spiro atoms. The first-order valence-corrected chi connectivity index (χ1v) is 8.85. The van der Waals surface area contributed by atoms with Crippen LogP contribution >= 0.6 is 15.9 Å². The molecule has 1 fully saturated rings. The normalized spacial score (nSPS) is 21.6. The minimum absolute atomic E-state index is 0.0286. The Morgan fingerprint density at radius 1 is 1.45 bits per heavy atom. The molecule has 20 heavy (non-hydrogen) atoms. The van der Waals surface area contributed by atoms with Crippen molar-refractivity contribution >= 4 is 31.5 Å². The summed E-state index contributed by atoms with van der Waals surface area (Å²) in [6.45, 7) is 0.485. The molecular formula is C12H15BrN2O4S. The van der Waals surface area contributed by atoms with Gasteiger partial charge in [-0.2, -0.15) is 0 Å². The molecule has 110 valence electrons. The van der Waals surface area contributed by atoms with E-state index in [9.17, 15) is 18.5 Å². The SMILES string of the molecule is O=[N+]([O-])c1ccc(CNC2CCCS(=O)(=O)C2)c(Br)c1. The topological polar surface area (TPSA) is 89.3 Å². The lowest BCUT2D eigenvalue weighted by Crippen LogP contribution is -2.39. The second kappa shape index (κ2) is 6.19. The van der Waals surface area contributed by atoms with Crippen molar-refractivity contribution in [2.75, 3.05) is 11.5 Å². The van der Waals surface area contributed by atoms with Crippen LogP contribution in [-0.2, 0) is 16.4 Å². The summed E-state index contributed by atoms with van der Waals surface area (Å²) in [4.78, 5) is 10.2. The summed E-state index contributed by atoms with van der Waals surface area (Å²) >= 11 is 3.30. The zero-order chi connectivity index (χ0) is 14.8. The second-order valence-electron chi connectivity index (χ2n) is 4.87. The molecular weight excluding hydrogens is 348 g/mol. The van der Waals surface area contributed by atoms with Gasteiger partial charge in [-0.15, -0.1) is 0 Å². The molecule has 1 aromatic rings. The van der Waals surface area contributed by atoms with E-state index in [0.717, 1.165) is 12.0 Å². The van der Waals surface area contributed by atoms with Crippen LogP contribution in [0.3, 0.4) is 0 Å². The number of nitro groups is 1. The number of hydrogen-bond acceptors (Lipinski definition) is 5. The maximum absolute atomic E-state index is 11.5. The first kappa shape index (κ1) is 15.4. The van der Waals surface area contributed by atoms with E-state index in [1.807, 2.05) is 0 Å². The van der Waals surface area contributed by atoms with Gasteiger partial charge in [0.05, 0.1) is 16.4 Å². The highest BCUT2D eigenvalue weighted by molar-refractivity contribution is 9.10. The van der Waals surface area contributed by atoms with Crippen molar-refractivity contribution < 1.29 is 13.3 Å². The van der Waals surface area contributed by atoms with Gasteiger partial charge in [0.2, 0.25) is 0 Å². The molecule has 1 unspecified atom stereocenters. The van der Waals surface area contributed by atoms with E-state index in [2.05, 4.69) is 21.2 Å². The Bertz CT molecular complexity index is 618. The van der Waals surface area contributed by atoms with Gasteiger partial charge in [-0.25, -0.2) is 8.42 Å². The first-order chi connectivity index (χ1) is 9.37. The maximum Gasteiger partial charge on any atom is 0.270 e. The van der Waals surface area contributed by atoms with E-state index < -0.39 is 14.8 Å². The Morgan fingerprint density at radius 3 is 2.80 bits per heavy atom. The van der Waals surface area contributed by atoms with Crippen LogP contribution in [0.2, 0.25) is 0 Å². The molecule has 0 aromatic heterocycles. The predicted octanol–water partition coefficient (Wildman–Crippen LogP) is 2.02. The Hall–Kier alpha value is -0.990. The maximum atomic E-state index is 11.5. The Labute approximate surface area is 125 Å². The van der Waals surface area contributed by atoms with Crippen LogP contribution in [0.4, 0.5) is 5.69 Å². The van der Waals surface area contributed by atoms with Gasteiger partial charge < -0.3 is 5.32 Å². The van der Waals surface area contributed by atoms with Crippen LogP contribution in [0.1, 0.15) is 18.4 Å². The third kappa shape index (κ3) is 4.00. The van der Waals surface area contributed by atoms with Crippen molar-refractivity contribution in [2.45, 2.75) is 25.4 Å². The van der Waals surface area contributed by atoms with Crippen molar-refractivity contribution in [3.05, 3.63) is 38.3 Å². The zero-order valence-corrected chi connectivity index (χ0v) is 13.1. The van der Waals surface area contributed by atoms with Gasteiger partial charge in [-0.1, -0.05) is 15.9 Å². The van der Waals surface area contributed by atoms with Crippen molar-refractivity contribution in [3.63, 3.8) is 0 Å². The molecule has 0 radical (unpaired) electrons. The Kier molecular flexibility index (Phi) is 4.77. The number of sulfone groups is 1. The quantitative estimate of drug-likeness (QED) is 0.653. The fraction of sp³-hybridized carbons (Fsp3) is 0.500. The van der Waals surface area contributed by atoms with Gasteiger partial charge in [0.25, 0.3) is 5.69 Å². The number of benzene rings is 1. The summed E-state index contributed by atoms with van der Waals surface area (Å²) in [5.41, 5.74) is 0.902. The number of halogens is 1. The molecule has 1 heterocycles. The monoisotopic (exact) mass is 362 g/mol. The van der Waals surface area contributed by atoms with E-state index in [1.165, 1.54) is 12.1 Å². The van der Waals surface area contributed by atoms with Crippen LogP contribution in [0.25, 0.3) is 0 Å². The van der Waals surface area contributed by atoms with Gasteiger partial charge in [-0.3, -0.25) is 10.1 Å². The highest BCUT2D eigenvalue weighted by Gasteiger charge is 2.24. The van der Waals surface area contributed by atoms with Crippen molar-refractivity contribution in [2.24, 2.45) is 0 Å². The third-order valence-corrected chi connectivity index (χ3v) is 5.85. The van der Waals surface area contributed by atoms with E-state index in [4.69, 9.17) is 0 Å². The molecule has 0 aliphatic carbocycles. The highest BCUT2D eigenvalue weighted by Crippen LogP contribution is 2.23. The van der Waals surface area contributed by atoms with E-state index >= 15 is 0 Å². The number of nitro benzene ring substituents is 1. The standard InChI is InChI=1S/C12H15BrN2O4S/c13-12-6-11(15(16)17)4-3-9(12)7-14-10-2-1-5-20(18,19)8-10/h3-4,6,10,14H,1-2,5,7-8H2. The van der Waals surface area contributed by atoms with Gasteiger partial charge in [0.15, 0.2) is 9.84 Å². The fourth-order valence-electron chi connectivity index (χ4n) is 2.23. The molecule has 0 bridgehead atoms. The smallest absolute Gasteiger partial charge is 0.270 e. The molecule has 1 aliphatic heterocycles. The lowest BCUT2D eigenvalue weighted by molar-refractivity contribution is -0.384. The van der Waals surface area contributed by atoms with Crippen molar-refractivity contribution in [3.8, 4) is 0 Å². The second-order valence-corrected chi connectivity index (χ2v) is 7.95. The minimum atomic E-state index is -2.93.